The molecule has 0 spiro atoms. The average molecular weight is 340 g/mol. The third kappa shape index (κ3) is 3.35. The summed E-state index contributed by atoms with van der Waals surface area (Å²) in [6.45, 7) is 0. The Morgan fingerprint density at radius 1 is 1.28 bits per heavy atom. The van der Waals surface area contributed by atoms with Gasteiger partial charge in [-0.05, 0) is 49.4 Å². The van der Waals surface area contributed by atoms with Crippen molar-refractivity contribution in [2.75, 3.05) is 5.32 Å². The second-order valence-corrected chi connectivity index (χ2v) is 6.52. The lowest BCUT2D eigenvalue weighted by Crippen LogP contribution is -2.42. The number of H-pyrrole nitrogens is 1. The van der Waals surface area contributed by atoms with Crippen molar-refractivity contribution in [3.63, 3.8) is 0 Å². The van der Waals surface area contributed by atoms with Crippen molar-refractivity contribution in [1.82, 2.24) is 15.5 Å². The first kappa shape index (κ1) is 15.7. The van der Waals surface area contributed by atoms with E-state index in [1.54, 1.807) is 24.5 Å². The smallest absolute Gasteiger partial charge is 0.251 e. The van der Waals surface area contributed by atoms with Gasteiger partial charge in [0.1, 0.15) is 6.10 Å². The number of rotatable bonds is 4. The molecule has 2 amide bonds. The van der Waals surface area contributed by atoms with Gasteiger partial charge in [0.25, 0.3) is 5.91 Å². The van der Waals surface area contributed by atoms with E-state index >= 15 is 0 Å². The Labute approximate surface area is 145 Å². The number of carbonyl (C=O) groups is 2. The lowest BCUT2D eigenvalue weighted by molar-refractivity contribution is -0.116. The number of aromatic nitrogens is 2. The van der Waals surface area contributed by atoms with Gasteiger partial charge in [-0.3, -0.25) is 14.7 Å². The zero-order valence-corrected chi connectivity index (χ0v) is 13.7. The summed E-state index contributed by atoms with van der Waals surface area (Å²) in [5, 5.41) is 12.5. The largest absolute Gasteiger partial charge is 0.485 e. The molecule has 7 heteroatoms. The van der Waals surface area contributed by atoms with E-state index in [2.05, 4.69) is 20.8 Å². The van der Waals surface area contributed by atoms with E-state index < -0.39 is 0 Å². The Morgan fingerprint density at radius 2 is 2.20 bits per heavy atom. The molecule has 2 heterocycles. The fourth-order valence-electron chi connectivity index (χ4n) is 3.49. The van der Waals surface area contributed by atoms with Crippen molar-refractivity contribution in [2.24, 2.45) is 0 Å². The SMILES string of the molecule is O=C1CCc2cc(C(=O)N[C@H]3CCC[C@H]3Oc3cn[nH]c3)ccc2N1. The molecule has 3 N–H and O–H groups in total. The molecule has 0 radical (unpaired) electrons. The lowest BCUT2D eigenvalue weighted by atomic mass is 10.00. The van der Waals surface area contributed by atoms with E-state index in [0.29, 0.717) is 24.2 Å². The van der Waals surface area contributed by atoms with Crippen molar-refractivity contribution in [2.45, 2.75) is 44.2 Å². The number of amides is 2. The molecule has 1 aliphatic heterocycles. The summed E-state index contributed by atoms with van der Waals surface area (Å²) in [6, 6.07) is 5.40. The molecule has 4 rings (SSSR count). The third-order valence-electron chi connectivity index (χ3n) is 4.79. The Morgan fingerprint density at radius 3 is 3.04 bits per heavy atom. The van der Waals surface area contributed by atoms with Crippen LogP contribution < -0.4 is 15.4 Å². The molecule has 1 saturated carbocycles. The van der Waals surface area contributed by atoms with E-state index in [0.717, 1.165) is 30.5 Å². The number of aryl methyl sites for hydroxylation is 1. The van der Waals surface area contributed by atoms with E-state index in [-0.39, 0.29) is 24.0 Å². The topological polar surface area (TPSA) is 96.1 Å². The van der Waals surface area contributed by atoms with Gasteiger partial charge in [-0.15, -0.1) is 0 Å². The summed E-state index contributed by atoms with van der Waals surface area (Å²) >= 11 is 0. The van der Waals surface area contributed by atoms with Gasteiger partial charge in [-0.1, -0.05) is 0 Å². The van der Waals surface area contributed by atoms with Crippen LogP contribution in [0.1, 0.15) is 41.6 Å². The van der Waals surface area contributed by atoms with E-state index in [1.807, 2.05) is 6.07 Å². The molecule has 7 nitrogen and oxygen atoms in total. The summed E-state index contributed by atoms with van der Waals surface area (Å²) in [7, 11) is 0. The number of carbonyl (C=O) groups excluding carboxylic acids is 2. The van der Waals surface area contributed by atoms with Crippen LogP contribution in [0.15, 0.2) is 30.6 Å². The number of benzene rings is 1. The number of anilines is 1. The fourth-order valence-corrected chi connectivity index (χ4v) is 3.49. The molecule has 2 atom stereocenters. The Kier molecular flexibility index (Phi) is 4.13. The quantitative estimate of drug-likeness (QED) is 0.793. The predicted molar refractivity (Wildman–Crippen MR) is 91.5 cm³/mol. The van der Waals surface area contributed by atoms with Crippen LogP contribution in [0.4, 0.5) is 5.69 Å². The highest BCUT2D eigenvalue weighted by molar-refractivity contribution is 5.98. The third-order valence-corrected chi connectivity index (χ3v) is 4.79. The highest BCUT2D eigenvalue weighted by Gasteiger charge is 2.31. The van der Waals surface area contributed by atoms with E-state index in [4.69, 9.17) is 4.74 Å². The van der Waals surface area contributed by atoms with Crippen LogP contribution in [-0.4, -0.2) is 34.2 Å². The molecule has 2 aromatic rings. The molecule has 2 aliphatic rings. The first-order valence-corrected chi connectivity index (χ1v) is 8.58. The summed E-state index contributed by atoms with van der Waals surface area (Å²) in [6.07, 6.45) is 7.24. The molecule has 1 aliphatic carbocycles. The van der Waals surface area contributed by atoms with Crippen LogP contribution in [0.3, 0.4) is 0 Å². The minimum absolute atomic E-state index is 0.0156. The average Bonchev–Trinajstić information content (AvgIpc) is 3.27. The van der Waals surface area contributed by atoms with Crippen molar-refractivity contribution in [1.29, 1.82) is 0 Å². The summed E-state index contributed by atoms with van der Waals surface area (Å²) in [5.74, 6) is 0.609. The highest BCUT2D eigenvalue weighted by atomic mass is 16.5. The number of aromatic amines is 1. The van der Waals surface area contributed by atoms with Gasteiger partial charge in [-0.2, -0.15) is 5.10 Å². The van der Waals surface area contributed by atoms with E-state index in [1.165, 1.54) is 0 Å². The molecule has 0 bridgehead atoms. The fraction of sp³-hybridized carbons (Fsp3) is 0.389. The van der Waals surface area contributed by atoms with Gasteiger partial charge >= 0.3 is 0 Å². The van der Waals surface area contributed by atoms with Crippen LogP contribution in [0, 0.1) is 0 Å². The Bertz CT molecular complexity index is 788. The van der Waals surface area contributed by atoms with Crippen LogP contribution in [-0.2, 0) is 11.2 Å². The lowest BCUT2D eigenvalue weighted by Gasteiger charge is -2.22. The molecule has 0 saturated heterocycles. The van der Waals surface area contributed by atoms with Gasteiger partial charge < -0.3 is 15.4 Å². The predicted octanol–water partition coefficient (Wildman–Crippen LogP) is 2.02. The number of hydrogen-bond donors (Lipinski definition) is 3. The van der Waals surface area contributed by atoms with Gasteiger partial charge in [-0.25, -0.2) is 0 Å². The number of nitrogens with one attached hydrogen (secondary N) is 3. The first-order valence-electron chi connectivity index (χ1n) is 8.58. The first-order chi connectivity index (χ1) is 12.2. The molecule has 1 aromatic carbocycles. The number of nitrogens with zero attached hydrogens (tertiary/aromatic N) is 1. The van der Waals surface area contributed by atoms with Gasteiger partial charge in [0.05, 0.1) is 18.4 Å². The second-order valence-electron chi connectivity index (χ2n) is 6.52. The van der Waals surface area contributed by atoms with Crippen molar-refractivity contribution in [3.8, 4) is 5.75 Å². The van der Waals surface area contributed by atoms with E-state index in [9.17, 15) is 9.59 Å². The van der Waals surface area contributed by atoms with Gasteiger partial charge in [0.15, 0.2) is 5.75 Å². The summed E-state index contributed by atoms with van der Waals surface area (Å²) in [5.41, 5.74) is 2.42. The van der Waals surface area contributed by atoms with Crippen LogP contribution in [0.2, 0.25) is 0 Å². The molecule has 1 fully saturated rings. The van der Waals surface area contributed by atoms with Crippen molar-refractivity contribution >= 4 is 17.5 Å². The van der Waals surface area contributed by atoms with Gasteiger partial charge in [0.2, 0.25) is 5.91 Å². The standard InChI is InChI=1S/C18H20N4O3/c23-17-7-5-11-8-12(4-6-14(11)21-17)18(24)22-15-2-1-3-16(15)25-13-9-19-20-10-13/h4,6,8-10,15-16H,1-3,5,7H2,(H,19,20)(H,21,23)(H,22,24)/t15-,16+/m0/s1. The Balaban J connectivity index is 1.43. The maximum Gasteiger partial charge on any atom is 0.251 e. The zero-order chi connectivity index (χ0) is 17.2. The molecule has 1 aromatic heterocycles. The summed E-state index contributed by atoms with van der Waals surface area (Å²) < 4.78 is 5.91. The summed E-state index contributed by atoms with van der Waals surface area (Å²) in [4.78, 5) is 24.1. The minimum atomic E-state index is -0.104. The van der Waals surface area contributed by atoms with Crippen LogP contribution in [0.25, 0.3) is 0 Å². The van der Waals surface area contributed by atoms with Crippen LogP contribution in [0.5, 0.6) is 5.75 Å². The maximum atomic E-state index is 12.6. The highest BCUT2D eigenvalue weighted by Crippen LogP contribution is 2.26. The maximum absolute atomic E-state index is 12.6. The second kappa shape index (κ2) is 6.58. The number of hydrogen-bond acceptors (Lipinski definition) is 4. The normalized spacial score (nSPS) is 22.2. The molecular weight excluding hydrogens is 320 g/mol. The number of fused-ring (bicyclic) bond motifs is 1. The van der Waals surface area contributed by atoms with Crippen molar-refractivity contribution < 1.29 is 14.3 Å². The minimum Gasteiger partial charge on any atom is -0.485 e. The Hall–Kier alpha value is -2.83. The number of ether oxygens (including phenoxy) is 1. The molecule has 0 unspecified atom stereocenters. The van der Waals surface area contributed by atoms with Crippen molar-refractivity contribution in [3.05, 3.63) is 41.7 Å². The molecule has 25 heavy (non-hydrogen) atoms. The van der Waals surface area contributed by atoms with Crippen LogP contribution >= 0.6 is 0 Å². The molecule has 130 valence electrons. The monoisotopic (exact) mass is 340 g/mol. The zero-order valence-electron chi connectivity index (χ0n) is 13.7. The van der Waals surface area contributed by atoms with Gasteiger partial charge in [0, 0.05) is 17.7 Å². The molecular formula is C18H20N4O3.